The third-order valence-electron chi connectivity index (χ3n) is 0.348. The van der Waals surface area contributed by atoms with Gasteiger partial charge in [0.05, 0.1) is 0 Å². The highest BCUT2D eigenvalue weighted by molar-refractivity contribution is 4.18. The zero-order chi connectivity index (χ0) is 4.83. The van der Waals surface area contributed by atoms with E-state index in [1.165, 1.54) is 0 Å². The van der Waals surface area contributed by atoms with Crippen molar-refractivity contribution in [3.8, 4) is 0 Å². The van der Waals surface area contributed by atoms with Crippen LogP contribution in [0.1, 0.15) is 6.92 Å². The summed E-state index contributed by atoms with van der Waals surface area (Å²) in [5.74, 6) is 0. The van der Waals surface area contributed by atoms with Crippen molar-refractivity contribution in [2.75, 3.05) is 13.3 Å². The van der Waals surface area contributed by atoms with Gasteiger partial charge in [-0.1, -0.05) is 0 Å². The Balaban J connectivity index is 2.49. The molecule has 0 bridgehead atoms. The predicted molar refractivity (Wildman–Crippen MR) is 22.3 cm³/mol. The highest BCUT2D eigenvalue weighted by atomic mass is 16.5. The number of rotatable bonds is 3. The molecule has 0 saturated carbocycles. The van der Waals surface area contributed by atoms with Crippen LogP contribution in [0.15, 0.2) is 5.18 Å². The first kappa shape index (κ1) is 5.56. The van der Waals surface area contributed by atoms with Gasteiger partial charge in [-0.3, -0.25) is 0 Å². The van der Waals surface area contributed by atoms with E-state index in [9.17, 15) is 4.91 Å². The second kappa shape index (κ2) is 4.56. The van der Waals surface area contributed by atoms with E-state index in [0.29, 0.717) is 6.61 Å². The van der Waals surface area contributed by atoms with Crippen LogP contribution in [0.4, 0.5) is 0 Å². The van der Waals surface area contributed by atoms with Gasteiger partial charge in [0, 0.05) is 6.61 Å². The van der Waals surface area contributed by atoms with E-state index in [0.717, 1.165) is 0 Å². The molecule has 0 rings (SSSR count). The van der Waals surface area contributed by atoms with Crippen molar-refractivity contribution in [1.29, 1.82) is 0 Å². The fourth-order valence-corrected chi connectivity index (χ4v) is 0.129. The summed E-state index contributed by atoms with van der Waals surface area (Å²) < 4.78 is 4.50. The van der Waals surface area contributed by atoms with Gasteiger partial charge in [0.15, 0.2) is 6.73 Å². The largest absolute Gasteiger partial charge is 0.356 e. The van der Waals surface area contributed by atoms with Crippen molar-refractivity contribution in [2.45, 2.75) is 6.92 Å². The monoisotopic (exact) mass is 89.0 g/mol. The van der Waals surface area contributed by atoms with Crippen molar-refractivity contribution < 1.29 is 4.74 Å². The third kappa shape index (κ3) is 3.56. The first-order chi connectivity index (χ1) is 2.91. The first-order valence-electron chi connectivity index (χ1n) is 1.78. The molecule has 0 spiro atoms. The van der Waals surface area contributed by atoms with E-state index in [1.54, 1.807) is 0 Å². The number of nitroso groups, excluding NO2 is 1. The van der Waals surface area contributed by atoms with Crippen LogP contribution in [0.3, 0.4) is 0 Å². The minimum Gasteiger partial charge on any atom is -0.356 e. The normalized spacial score (nSPS) is 8.17. The Hall–Kier alpha value is -0.440. The standard InChI is InChI=1S/C3H7NO2/c1-2-6-3-4-5/h2-3H2,1H3. The maximum absolute atomic E-state index is 9.19. The molecule has 0 heterocycles. The van der Waals surface area contributed by atoms with E-state index >= 15 is 0 Å². The predicted octanol–water partition coefficient (Wildman–Crippen LogP) is 0.747. The van der Waals surface area contributed by atoms with E-state index in [-0.39, 0.29) is 6.73 Å². The molecule has 0 aliphatic heterocycles. The molecule has 0 aliphatic rings. The smallest absolute Gasteiger partial charge is 0.179 e. The minimum absolute atomic E-state index is 0.0174. The van der Waals surface area contributed by atoms with E-state index < -0.39 is 0 Å². The molecule has 0 radical (unpaired) electrons. The van der Waals surface area contributed by atoms with Crippen LogP contribution in [0.25, 0.3) is 0 Å². The molecule has 6 heavy (non-hydrogen) atoms. The molecular formula is C3H7NO2. The zero-order valence-electron chi connectivity index (χ0n) is 3.68. The van der Waals surface area contributed by atoms with Crippen molar-refractivity contribution in [3.05, 3.63) is 4.91 Å². The summed E-state index contributed by atoms with van der Waals surface area (Å²) in [6.45, 7) is 2.35. The van der Waals surface area contributed by atoms with E-state index in [1.807, 2.05) is 6.92 Å². The lowest BCUT2D eigenvalue weighted by atomic mass is 10.9. The molecule has 0 amide bonds. The van der Waals surface area contributed by atoms with Crippen LogP contribution in [0.2, 0.25) is 0 Å². The van der Waals surface area contributed by atoms with Gasteiger partial charge < -0.3 is 4.74 Å². The summed E-state index contributed by atoms with van der Waals surface area (Å²) in [5, 5.41) is 2.45. The summed E-state index contributed by atoms with van der Waals surface area (Å²) in [5.41, 5.74) is 0. The molecule has 0 aromatic rings. The van der Waals surface area contributed by atoms with Gasteiger partial charge in [-0.2, -0.15) is 0 Å². The Morgan fingerprint density at radius 1 is 1.83 bits per heavy atom. The summed E-state index contributed by atoms with van der Waals surface area (Å²) in [6, 6.07) is 0. The first-order valence-corrected chi connectivity index (χ1v) is 1.78. The van der Waals surface area contributed by atoms with Gasteiger partial charge in [0.2, 0.25) is 0 Å². The fraction of sp³-hybridized carbons (Fsp3) is 1.00. The second-order valence-electron chi connectivity index (χ2n) is 0.751. The number of hydrogen-bond donors (Lipinski definition) is 0. The molecule has 0 N–H and O–H groups in total. The quantitative estimate of drug-likeness (QED) is 0.378. The van der Waals surface area contributed by atoms with Gasteiger partial charge >= 0.3 is 0 Å². The van der Waals surface area contributed by atoms with Crippen LogP contribution in [-0.2, 0) is 4.74 Å². The minimum atomic E-state index is -0.0174. The molecule has 3 nitrogen and oxygen atoms in total. The Morgan fingerprint density at radius 3 is 2.67 bits per heavy atom. The zero-order valence-corrected chi connectivity index (χ0v) is 3.68. The molecule has 0 aliphatic carbocycles. The highest BCUT2D eigenvalue weighted by Gasteiger charge is 1.72. The lowest BCUT2D eigenvalue weighted by Gasteiger charge is -1.84. The Bertz CT molecular complexity index is 37.8. The van der Waals surface area contributed by atoms with Gasteiger partial charge in [-0.05, 0) is 12.1 Å². The molecule has 0 unspecified atom stereocenters. The van der Waals surface area contributed by atoms with Crippen LogP contribution in [-0.4, -0.2) is 13.3 Å². The molecule has 0 saturated heterocycles. The van der Waals surface area contributed by atoms with Crippen LogP contribution in [0, 0.1) is 4.91 Å². The molecular weight excluding hydrogens is 82.0 g/mol. The number of hydrogen-bond acceptors (Lipinski definition) is 3. The lowest BCUT2D eigenvalue weighted by molar-refractivity contribution is 0.155. The van der Waals surface area contributed by atoms with Gasteiger partial charge in [-0.25, -0.2) is 0 Å². The molecule has 0 atom stereocenters. The van der Waals surface area contributed by atoms with Crippen LogP contribution < -0.4 is 0 Å². The van der Waals surface area contributed by atoms with Crippen molar-refractivity contribution in [1.82, 2.24) is 0 Å². The molecule has 0 fully saturated rings. The Labute approximate surface area is 36.3 Å². The van der Waals surface area contributed by atoms with Crippen molar-refractivity contribution >= 4 is 0 Å². The Morgan fingerprint density at radius 2 is 2.50 bits per heavy atom. The van der Waals surface area contributed by atoms with Crippen molar-refractivity contribution in [2.24, 2.45) is 5.18 Å². The number of nitrogens with zero attached hydrogens (tertiary/aromatic N) is 1. The fourth-order valence-electron chi connectivity index (χ4n) is 0.129. The van der Waals surface area contributed by atoms with Gasteiger partial charge in [0.1, 0.15) is 0 Å². The summed E-state index contributed by atoms with van der Waals surface area (Å²) in [4.78, 5) is 9.19. The molecule has 36 valence electrons. The lowest BCUT2D eigenvalue weighted by Crippen LogP contribution is -1.85. The molecule has 0 aromatic carbocycles. The average molecular weight is 89.1 g/mol. The van der Waals surface area contributed by atoms with Crippen LogP contribution in [0.5, 0.6) is 0 Å². The summed E-state index contributed by atoms with van der Waals surface area (Å²) in [7, 11) is 0. The molecule has 0 aromatic heterocycles. The average Bonchev–Trinajstić information content (AvgIpc) is 1.61. The van der Waals surface area contributed by atoms with E-state index in [2.05, 4.69) is 9.91 Å². The maximum Gasteiger partial charge on any atom is 0.179 e. The van der Waals surface area contributed by atoms with Crippen LogP contribution >= 0.6 is 0 Å². The third-order valence-corrected chi connectivity index (χ3v) is 0.348. The SMILES string of the molecule is CCOCN=O. The second-order valence-corrected chi connectivity index (χ2v) is 0.751. The Kier molecular flexibility index (Phi) is 4.23. The summed E-state index contributed by atoms with van der Waals surface area (Å²) >= 11 is 0. The van der Waals surface area contributed by atoms with E-state index in [4.69, 9.17) is 0 Å². The maximum atomic E-state index is 9.19. The highest BCUT2D eigenvalue weighted by Crippen LogP contribution is 1.69. The van der Waals surface area contributed by atoms with Gasteiger partial charge in [-0.15, -0.1) is 4.91 Å². The molecule has 3 heteroatoms. The van der Waals surface area contributed by atoms with Crippen molar-refractivity contribution in [3.63, 3.8) is 0 Å². The van der Waals surface area contributed by atoms with Gasteiger partial charge in [0.25, 0.3) is 0 Å². The topological polar surface area (TPSA) is 38.7 Å². The summed E-state index contributed by atoms with van der Waals surface area (Å²) in [6.07, 6.45) is 0. The number of ether oxygens (including phenoxy) is 1.